The van der Waals surface area contributed by atoms with E-state index in [-0.39, 0.29) is 23.3 Å². The number of carbonyl (C=O) groups is 1. The van der Waals surface area contributed by atoms with Gasteiger partial charge in [0.1, 0.15) is 5.01 Å². The summed E-state index contributed by atoms with van der Waals surface area (Å²) in [6.45, 7) is 4.09. The number of nitrogens with zero attached hydrogens (tertiary/aromatic N) is 2. The molecule has 6 nitrogen and oxygen atoms in total. The Labute approximate surface area is 151 Å². The molecule has 2 heterocycles. The molecule has 1 N–H and O–H groups in total. The first-order valence-corrected chi connectivity index (χ1v) is 10.5. The standard InChI is InChI=1S/C17H21N3O3S2/c1-11(2)8-14(17-18-6-7-24-17)19-25(22,23)13-4-5-15-12(9-13)10-16(21)20(15)3/h4-7,9,11,14,19H,8,10H2,1-3H3. The van der Waals surface area contributed by atoms with Gasteiger partial charge in [-0.05, 0) is 36.1 Å². The zero-order valence-electron chi connectivity index (χ0n) is 14.4. The van der Waals surface area contributed by atoms with Crippen LogP contribution in [0.4, 0.5) is 5.69 Å². The third-order valence-electron chi connectivity index (χ3n) is 4.19. The van der Waals surface area contributed by atoms with Gasteiger partial charge >= 0.3 is 0 Å². The molecule has 1 atom stereocenters. The van der Waals surface area contributed by atoms with Gasteiger partial charge in [0.25, 0.3) is 0 Å². The van der Waals surface area contributed by atoms with Crippen molar-refractivity contribution in [1.82, 2.24) is 9.71 Å². The predicted molar refractivity (Wildman–Crippen MR) is 98.2 cm³/mol. The molecule has 1 unspecified atom stereocenters. The highest BCUT2D eigenvalue weighted by atomic mass is 32.2. The Hall–Kier alpha value is -1.77. The molecule has 0 saturated heterocycles. The molecule has 134 valence electrons. The van der Waals surface area contributed by atoms with Crippen LogP contribution in [0.25, 0.3) is 0 Å². The van der Waals surface area contributed by atoms with E-state index in [9.17, 15) is 13.2 Å². The Balaban J connectivity index is 1.88. The van der Waals surface area contributed by atoms with Gasteiger partial charge in [-0.2, -0.15) is 0 Å². The molecule has 2 aromatic rings. The summed E-state index contributed by atoms with van der Waals surface area (Å²) in [6.07, 6.45) is 2.58. The zero-order chi connectivity index (χ0) is 18.2. The second kappa shape index (κ2) is 6.86. The lowest BCUT2D eigenvalue weighted by atomic mass is 10.1. The third kappa shape index (κ3) is 3.75. The van der Waals surface area contributed by atoms with Crippen molar-refractivity contribution in [2.45, 2.75) is 37.6 Å². The van der Waals surface area contributed by atoms with Crippen LogP contribution in [0.15, 0.2) is 34.7 Å². The number of fused-ring (bicyclic) bond motifs is 1. The number of hydrogen-bond donors (Lipinski definition) is 1. The number of aromatic nitrogens is 1. The van der Waals surface area contributed by atoms with E-state index in [2.05, 4.69) is 9.71 Å². The second-order valence-corrected chi connectivity index (χ2v) is 9.23. The first-order chi connectivity index (χ1) is 11.8. The number of nitrogens with one attached hydrogen (secondary N) is 1. The van der Waals surface area contributed by atoms with E-state index in [0.717, 1.165) is 16.3 Å². The van der Waals surface area contributed by atoms with Crippen LogP contribution < -0.4 is 9.62 Å². The first-order valence-electron chi connectivity index (χ1n) is 8.09. The Morgan fingerprint density at radius 1 is 1.36 bits per heavy atom. The van der Waals surface area contributed by atoms with Crippen molar-refractivity contribution < 1.29 is 13.2 Å². The summed E-state index contributed by atoms with van der Waals surface area (Å²) < 4.78 is 28.5. The quantitative estimate of drug-likeness (QED) is 0.837. The molecule has 0 radical (unpaired) electrons. The SMILES string of the molecule is CC(C)CC(NS(=O)(=O)c1ccc2c(c1)CC(=O)N2C)c1nccs1. The van der Waals surface area contributed by atoms with Crippen molar-refractivity contribution in [2.75, 3.05) is 11.9 Å². The van der Waals surface area contributed by atoms with Gasteiger partial charge in [0.15, 0.2) is 0 Å². The Bertz CT molecular complexity index is 877. The number of amides is 1. The molecular formula is C17H21N3O3S2. The number of likely N-dealkylation sites (N-methyl/N-ethyl adjacent to an activating group) is 1. The third-order valence-corrected chi connectivity index (χ3v) is 6.55. The molecule has 0 bridgehead atoms. The summed E-state index contributed by atoms with van der Waals surface area (Å²) in [5, 5.41) is 2.60. The monoisotopic (exact) mass is 379 g/mol. The molecule has 0 spiro atoms. The maximum atomic E-state index is 12.8. The molecule has 1 aromatic heterocycles. The van der Waals surface area contributed by atoms with Crippen LogP contribution in [0.2, 0.25) is 0 Å². The van der Waals surface area contributed by atoms with Gasteiger partial charge in [0.05, 0.1) is 17.4 Å². The molecule has 1 aliphatic rings. The van der Waals surface area contributed by atoms with Crippen LogP contribution in [-0.2, 0) is 21.2 Å². The highest BCUT2D eigenvalue weighted by molar-refractivity contribution is 7.89. The largest absolute Gasteiger partial charge is 0.315 e. The Morgan fingerprint density at radius 2 is 2.12 bits per heavy atom. The van der Waals surface area contributed by atoms with Crippen LogP contribution in [0.1, 0.15) is 36.9 Å². The maximum Gasteiger partial charge on any atom is 0.241 e. The molecular weight excluding hydrogens is 358 g/mol. The number of anilines is 1. The van der Waals surface area contributed by atoms with Gasteiger partial charge in [0, 0.05) is 24.3 Å². The summed E-state index contributed by atoms with van der Waals surface area (Å²) in [7, 11) is -2.00. The fraction of sp³-hybridized carbons (Fsp3) is 0.412. The molecule has 0 aliphatic carbocycles. The van der Waals surface area contributed by atoms with E-state index in [1.54, 1.807) is 36.3 Å². The van der Waals surface area contributed by atoms with Gasteiger partial charge in [-0.3, -0.25) is 4.79 Å². The van der Waals surface area contributed by atoms with E-state index in [0.29, 0.717) is 12.3 Å². The van der Waals surface area contributed by atoms with Crippen LogP contribution in [0.5, 0.6) is 0 Å². The number of benzene rings is 1. The van der Waals surface area contributed by atoms with Crippen molar-refractivity contribution in [3.05, 3.63) is 40.3 Å². The van der Waals surface area contributed by atoms with E-state index in [1.165, 1.54) is 11.3 Å². The Kier molecular flexibility index (Phi) is 4.95. The minimum atomic E-state index is -3.70. The summed E-state index contributed by atoms with van der Waals surface area (Å²) in [6, 6.07) is 4.47. The van der Waals surface area contributed by atoms with Gasteiger partial charge in [-0.15, -0.1) is 11.3 Å². The van der Waals surface area contributed by atoms with Crippen molar-refractivity contribution in [3.8, 4) is 0 Å². The number of hydrogen-bond acceptors (Lipinski definition) is 5. The van der Waals surface area contributed by atoms with Crippen LogP contribution in [0, 0.1) is 5.92 Å². The molecule has 1 aliphatic heterocycles. The summed E-state index contributed by atoms with van der Waals surface area (Å²) in [5.41, 5.74) is 1.51. The van der Waals surface area contributed by atoms with Crippen LogP contribution in [0.3, 0.4) is 0 Å². The summed E-state index contributed by atoms with van der Waals surface area (Å²) in [5.74, 6) is 0.292. The van der Waals surface area contributed by atoms with Crippen molar-refractivity contribution in [3.63, 3.8) is 0 Å². The fourth-order valence-electron chi connectivity index (χ4n) is 2.95. The highest BCUT2D eigenvalue weighted by Gasteiger charge is 2.28. The molecule has 0 fully saturated rings. The van der Waals surface area contributed by atoms with Gasteiger partial charge in [-0.25, -0.2) is 18.1 Å². The average molecular weight is 380 g/mol. The van der Waals surface area contributed by atoms with Gasteiger partial charge < -0.3 is 4.90 Å². The molecule has 3 rings (SSSR count). The van der Waals surface area contributed by atoms with Gasteiger partial charge in [-0.1, -0.05) is 13.8 Å². The first kappa shape index (κ1) is 18.0. The van der Waals surface area contributed by atoms with E-state index in [4.69, 9.17) is 0 Å². The van der Waals surface area contributed by atoms with Gasteiger partial charge in [0.2, 0.25) is 15.9 Å². The van der Waals surface area contributed by atoms with E-state index < -0.39 is 10.0 Å². The lowest BCUT2D eigenvalue weighted by Gasteiger charge is -2.19. The number of thiazole rings is 1. The minimum Gasteiger partial charge on any atom is -0.315 e. The minimum absolute atomic E-state index is 0.0297. The lowest BCUT2D eigenvalue weighted by Crippen LogP contribution is -2.29. The van der Waals surface area contributed by atoms with Crippen molar-refractivity contribution >= 4 is 33.0 Å². The predicted octanol–water partition coefficient (Wildman–Crippen LogP) is 2.73. The fourth-order valence-corrected chi connectivity index (χ4v) is 4.99. The Morgan fingerprint density at radius 3 is 2.76 bits per heavy atom. The van der Waals surface area contributed by atoms with Crippen molar-refractivity contribution in [1.29, 1.82) is 0 Å². The highest BCUT2D eigenvalue weighted by Crippen LogP contribution is 2.31. The maximum absolute atomic E-state index is 12.8. The van der Waals surface area contributed by atoms with E-state index >= 15 is 0 Å². The van der Waals surface area contributed by atoms with Crippen LogP contribution >= 0.6 is 11.3 Å². The zero-order valence-corrected chi connectivity index (χ0v) is 16.0. The number of carbonyl (C=O) groups excluding carboxylic acids is 1. The molecule has 25 heavy (non-hydrogen) atoms. The lowest BCUT2D eigenvalue weighted by molar-refractivity contribution is -0.117. The topological polar surface area (TPSA) is 79.4 Å². The van der Waals surface area contributed by atoms with Crippen LogP contribution in [-0.4, -0.2) is 26.4 Å². The molecule has 1 aromatic carbocycles. The average Bonchev–Trinajstić information content (AvgIpc) is 3.15. The molecule has 8 heteroatoms. The smallest absolute Gasteiger partial charge is 0.241 e. The van der Waals surface area contributed by atoms with Crippen molar-refractivity contribution in [2.24, 2.45) is 5.92 Å². The molecule has 1 amide bonds. The number of rotatable bonds is 6. The number of sulfonamides is 1. The van der Waals surface area contributed by atoms with E-state index in [1.807, 2.05) is 19.2 Å². The summed E-state index contributed by atoms with van der Waals surface area (Å²) in [4.78, 5) is 17.8. The molecule has 0 saturated carbocycles. The normalized spacial score (nSPS) is 15.7. The second-order valence-electron chi connectivity index (χ2n) is 6.59. The summed E-state index contributed by atoms with van der Waals surface area (Å²) >= 11 is 1.44.